The van der Waals surface area contributed by atoms with Crippen LogP contribution in [-0.4, -0.2) is 19.9 Å². The molecule has 0 fully saturated rings. The van der Waals surface area contributed by atoms with Crippen LogP contribution in [0.2, 0.25) is 5.02 Å². The highest BCUT2D eigenvalue weighted by molar-refractivity contribution is 7.89. The van der Waals surface area contributed by atoms with Crippen molar-refractivity contribution in [1.29, 1.82) is 0 Å². The number of nitrogens with zero attached hydrogens (tertiary/aromatic N) is 1. The van der Waals surface area contributed by atoms with Gasteiger partial charge in [0.25, 0.3) is 0 Å². The van der Waals surface area contributed by atoms with E-state index in [1.165, 1.54) is 12.3 Å². The van der Waals surface area contributed by atoms with Gasteiger partial charge < -0.3 is 5.73 Å². The Bertz CT molecular complexity index is 551. The molecule has 0 atom stereocenters. The smallest absolute Gasteiger partial charge is 0.242 e. The highest BCUT2D eigenvalue weighted by Gasteiger charge is 2.22. The van der Waals surface area contributed by atoms with Crippen LogP contribution in [0, 0.1) is 17.8 Å². The van der Waals surface area contributed by atoms with Gasteiger partial charge in [-0.2, -0.15) is 0 Å². The number of rotatable bonds is 6. The monoisotopic (exact) mass is 319 g/mol. The van der Waals surface area contributed by atoms with Gasteiger partial charge in [0.15, 0.2) is 0 Å². The second-order valence-electron chi connectivity index (χ2n) is 5.54. The third-order valence-corrected chi connectivity index (χ3v) is 5.07. The summed E-state index contributed by atoms with van der Waals surface area (Å²) in [4.78, 5) is 3.80. The molecule has 0 unspecified atom stereocenters. The van der Waals surface area contributed by atoms with Crippen LogP contribution in [-0.2, 0) is 10.0 Å². The third-order valence-electron chi connectivity index (χ3n) is 3.38. The second kappa shape index (κ2) is 6.74. The summed E-state index contributed by atoms with van der Waals surface area (Å²) in [5.41, 5.74) is 5.48. The van der Waals surface area contributed by atoms with Gasteiger partial charge in [0.2, 0.25) is 10.0 Å². The molecule has 1 aromatic heterocycles. The van der Waals surface area contributed by atoms with Crippen LogP contribution in [0.15, 0.2) is 17.2 Å². The van der Waals surface area contributed by atoms with Crippen molar-refractivity contribution in [2.75, 3.05) is 12.3 Å². The van der Waals surface area contributed by atoms with Crippen molar-refractivity contribution in [3.05, 3.63) is 17.3 Å². The molecule has 3 N–H and O–H groups in total. The van der Waals surface area contributed by atoms with Crippen LogP contribution in [0.4, 0.5) is 5.82 Å². The number of halogens is 1. The van der Waals surface area contributed by atoms with Gasteiger partial charge in [-0.05, 0) is 23.8 Å². The summed E-state index contributed by atoms with van der Waals surface area (Å²) in [6.07, 6.45) is 1.21. The van der Waals surface area contributed by atoms with E-state index in [1.807, 2.05) is 0 Å². The molecule has 0 amide bonds. The fourth-order valence-corrected chi connectivity index (χ4v) is 3.38. The fraction of sp³-hybridized carbons (Fsp3) is 0.615. The Morgan fingerprint density at radius 1 is 1.30 bits per heavy atom. The molecule has 114 valence electrons. The minimum Gasteiger partial charge on any atom is -0.382 e. The largest absolute Gasteiger partial charge is 0.382 e. The van der Waals surface area contributed by atoms with E-state index in [2.05, 4.69) is 37.4 Å². The quantitative estimate of drug-likeness (QED) is 0.843. The average Bonchev–Trinajstić information content (AvgIpc) is 2.31. The standard InChI is InChI=1S/C13H22ClN3O2S/c1-8(2)11(9(3)4)7-17-20(18,19)10-5-12(14)13(15)16-6-10/h5-6,8-9,11,17H,7H2,1-4H3,(H2,15,16). The van der Waals surface area contributed by atoms with E-state index in [9.17, 15) is 8.42 Å². The number of hydrogen-bond acceptors (Lipinski definition) is 4. The van der Waals surface area contributed by atoms with Gasteiger partial charge in [-0.1, -0.05) is 39.3 Å². The van der Waals surface area contributed by atoms with Crippen LogP contribution in [0.5, 0.6) is 0 Å². The van der Waals surface area contributed by atoms with E-state index < -0.39 is 10.0 Å². The first-order valence-electron chi connectivity index (χ1n) is 6.55. The maximum atomic E-state index is 12.2. The van der Waals surface area contributed by atoms with E-state index in [-0.39, 0.29) is 21.7 Å². The summed E-state index contributed by atoms with van der Waals surface area (Å²) in [5, 5.41) is 0.136. The summed E-state index contributed by atoms with van der Waals surface area (Å²) < 4.78 is 27.0. The predicted molar refractivity (Wildman–Crippen MR) is 82.0 cm³/mol. The summed E-state index contributed by atoms with van der Waals surface area (Å²) >= 11 is 5.80. The van der Waals surface area contributed by atoms with Crippen molar-refractivity contribution >= 4 is 27.4 Å². The van der Waals surface area contributed by atoms with Crippen LogP contribution in [0.3, 0.4) is 0 Å². The highest BCUT2D eigenvalue weighted by atomic mass is 35.5. The Morgan fingerprint density at radius 3 is 2.30 bits per heavy atom. The van der Waals surface area contributed by atoms with Gasteiger partial charge >= 0.3 is 0 Å². The third kappa shape index (κ3) is 4.33. The molecule has 5 nitrogen and oxygen atoms in total. The number of pyridine rings is 1. The van der Waals surface area contributed by atoms with Crippen molar-refractivity contribution < 1.29 is 8.42 Å². The molecule has 0 aliphatic heterocycles. The predicted octanol–water partition coefficient (Wildman–Crippen LogP) is 2.52. The SMILES string of the molecule is CC(C)C(CNS(=O)(=O)c1cnc(N)c(Cl)c1)C(C)C. The molecule has 0 aliphatic rings. The van der Waals surface area contributed by atoms with E-state index in [4.69, 9.17) is 17.3 Å². The first kappa shape index (κ1) is 17.2. The van der Waals surface area contributed by atoms with Crippen molar-refractivity contribution in [1.82, 2.24) is 9.71 Å². The molecular formula is C13H22ClN3O2S. The Morgan fingerprint density at radius 2 is 1.85 bits per heavy atom. The first-order valence-corrected chi connectivity index (χ1v) is 8.42. The van der Waals surface area contributed by atoms with Gasteiger partial charge in [-0.25, -0.2) is 18.1 Å². The van der Waals surface area contributed by atoms with Crippen LogP contribution in [0.25, 0.3) is 0 Å². The number of nitrogens with two attached hydrogens (primary N) is 1. The van der Waals surface area contributed by atoms with E-state index in [0.717, 1.165) is 0 Å². The molecule has 0 bridgehead atoms. The number of hydrogen-bond donors (Lipinski definition) is 2. The summed E-state index contributed by atoms with van der Waals surface area (Å²) in [6, 6.07) is 1.31. The zero-order chi connectivity index (χ0) is 15.5. The summed E-state index contributed by atoms with van der Waals surface area (Å²) in [7, 11) is -3.61. The minimum absolute atomic E-state index is 0.0305. The van der Waals surface area contributed by atoms with Crippen molar-refractivity contribution in [2.24, 2.45) is 17.8 Å². The number of nitrogens with one attached hydrogen (secondary N) is 1. The molecule has 0 spiro atoms. The molecular weight excluding hydrogens is 298 g/mol. The lowest BCUT2D eigenvalue weighted by atomic mass is 9.86. The Hall–Kier alpha value is -0.850. The lowest BCUT2D eigenvalue weighted by Gasteiger charge is -2.25. The number of sulfonamides is 1. The minimum atomic E-state index is -3.61. The number of aromatic nitrogens is 1. The van der Waals surface area contributed by atoms with Crippen LogP contribution >= 0.6 is 11.6 Å². The zero-order valence-electron chi connectivity index (χ0n) is 12.2. The summed E-state index contributed by atoms with van der Waals surface area (Å²) in [6.45, 7) is 8.72. The van der Waals surface area contributed by atoms with E-state index >= 15 is 0 Å². The van der Waals surface area contributed by atoms with Gasteiger partial charge in [0, 0.05) is 12.7 Å². The normalized spacial score (nSPS) is 12.6. The van der Waals surface area contributed by atoms with Gasteiger partial charge in [-0.15, -0.1) is 0 Å². The van der Waals surface area contributed by atoms with Gasteiger partial charge in [-0.3, -0.25) is 0 Å². The average molecular weight is 320 g/mol. The fourth-order valence-electron chi connectivity index (χ4n) is 2.11. The maximum absolute atomic E-state index is 12.2. The molecule has 7 heteroatoms. The molecule has 0 aliphatic carbocycles. The Labute approximate surface area is 126 Å². The molecule has 0 radical (unpaired) electrons. The molecule has 0 saturated carbocycles. The molecule has 0 aromatic carbocycles. The Kier molecular flexibility index (Phi) is 5.79. The highest BCUT2D eigenvalue weighted by Crippen LogP contribution is 2.22. The lowest BCUT2D eigenvalue weighted by Crippen LogP contribution is -2.34. The second-order valence-corrected chi connectivity index (χ2v) is 7.72. The Balaban J connectivity index is 2.87. The van der Waals surface area contributed by atoms with Crippen LogP contribution < -0.4 is 10.5 Å². The maximum Gasteiger partial charge on any atom is 0.242 e. The van der Waals surface area contributed by atoms with Crippen molar-refractivity contribution in [3.8, 4) is 0 Å². The summed E-state index contributed by atoms with van der Waals surface area (Å²) in [5.74, 6) is 1.17. The van der Waals surface area contributed by atoms with Gasteiger partial charge in [0.05, 0.1) is 5.02 Å². The van der Waals surface area contributed by atoms with E-state index in [1.54, 1.807) is 0 Å². The molecule has 1 rings (SSSR count). The molecule has 20 heavy (non-hydrogen) atoms. The topological polar surface area (TPSA) is 85.1 Å². The molecule has 1 aromatic rings. The van der Waals surface area contributed by atoms with Crippen molar-refractivity contribution in [3.63, 3.8) is 0 Å². The lowest BCUT2D eigenvalue weighted by molar-refractivity contribution is 0.289. The first-order chi connectivity index (χ1) is 9.15. The van der Waals surface area contributed by atoms with Gasteiger partial charge in [0.1, 0.15) is 10.7 Å². The molecule has 0 saturated heterocycles. The number of anilines is 1. The van der Waals surface area contributed by atoms with E-state index in [0.29, 0.717) is 18.4 Å². The number of nitrogen functional groups attached to an aromatic ring is 1. The van der Waals surface area contributed by atoms with Crippen molar-refractivity contribution in [2.45, 2.75) is 32.6 Å². The zero-order valence-corrected chi connectivity index (χ0v) is 13.8. The molecule has 1 heterocycles. The van der Waals surface area contributed by atoms with Crippen LogP contribution in [0.1, 0.15) is 27.7 Å².